The number of carboxylic acids is 1. The molecule has 1 rings (SSSR count). The number of benzene rings is 1. The lowest BCUT2D eigenvalue weighted by molar-refractivity contribution is -0.385. The van der Waals surface area contributed by atoms with Gasteiger partial charge in [0, 0.05) is 13.0 Å². The van der Waals surface area contributed by atoms with E-state index < -0.39 is 16.9 Å². The summed E-state index contributed by atoms with van der Waals surface area (Å²) in [5, 5.41) is 19.2. The van der Waals surface area contributed by atoms with Crippen LogP contribution < -0.4 is 4.74 Å². The van der Waals surface area contributed by atoms with Crippen molar-refractivity contribution in [1.82, 2.24) is 0 Å². The van der Waals surface area contributed by atoms with Crippen molar-refractivity contribution in [1.29, 1.82) is 0 Å². The molecule has 0 fully saturated rings. The number of carboxylic acid groups (broad SMARTS) is 1. The minimum absolute atomic E-state index is 0.249. The van der Waals surface area contributed by atoms with Crippen molar-refractivity contribution in [3.05, 3.63) is 33.9 Å². The van der Waals surface area contributed by atoms with Crippen molar-refractivity contribution in [3.8, 4) is 5.75 Å². The van der Waals surface area contributed by atoms with Crippen LogP contribution in [0.2, 0.25) is 0 Å². The molecule has 0 aliphatic heterocycles. The first-order chi connectivity index (χ1) is 7.90. The van der Waals surface area contributed by atoms with Crippen LogP contribution in [0.15, 0.2) is 18.2 Å². The van der Waals surface area contributed by atoms with Crippen molar-refractivity contribution in [2.45, 2.75) is 13.3 Å². The third-order valence-corrected chi connectivity index (χ3v) is 1.83. The van der Waals surface area contributed by atoms with Crippen molar-refractivity contribution < 1.29 is 24.4 Å². The van der Waals surface area contributed by atoms with Gasteiger partial charge in [0.25, 0.3) is 0 Å². The monoisotopic (exact) mass is 239 g/mol. The normalized spacial score (nSPS) is 9.71. The fourth-order valence-electron chi connectivity index (χ4n) is 1.23. The van der Waals surface area contributed by atoms with Crippen LogP contribution in [0, 0.1) is 10.1 Å². The van der Waals surface area contributed by atoms with Gasteiger partial charge in [-0.15, -0.1) is 0 Å². The summed E-state index contributed by atoms with van der Waals surface area (Å²) in [5.41, 5.74) is -0.0614. The number of nitro groups is 1. The first kappa shape index (κ1) is 12.6. The van der Waals surface area contributed by atoms with E-state index >= 15 is 0 Å². The molecular weight excluding hydrogens is 230 g/mol. The van der Waals surface area contributed by atoms with E-state index in [9.17, 15) is 19.7 Å². The molecule has 7 heteroatoms. The van der Waals surface area contributed by atoms with Gasteiger partial charge in [-0.1, -0.05) is 6.07 Å². The van der Waals surface area contributed by atoms with Crippen LogP contribution in [-0.2, 0) is 16.0 Å². The van der Waals surface area contributed by atoms with Crippen molar-refractivity contribution in [3.63, 3.8) is 0 Å². The Morgan fingerprint density at radius 3 is 2.59 bits per heavy atom. The summed E-state index contributed by atoms with van der Waals surface area (Å²) in [5.74, 6) is -2.03. The van der Waals surface area contributed by atoms with Crippen LogP contribution >= 0.6 is 0 Å². The molecule has 0 bridgehead atoms. The number of nitro benzene ring substituents is 1. The summed E-state index contributed by atoms with van der Waals surface area (Å²) in [4.78, 5) is 31.2. The van der Waals surface area contributed by atoms with E-state index in [1.807, 2.05) is 0 Å². The molecule has 90 valence electrons. The maximum atomic E-state index is 10.8. The Hall–Kier alpha value is -2.44. The van der Waals surface area contributed by atoms with Gasteiger partial charge in [-0.2, -0.15) is 0 Å². The van der Waals surface area contributed by atoms with Gasteiger partial charge in [0.15, 0.2) is 0 Å². The Balaban J connectivity index is 3.13. The Labute approximate surface area is 95.8 Å². The molecule has 0 atom stereocenters. The highest BCUT2D eigenvalue weighted by molar-refractivity contribution is 5.73. The van der Waals surface area contributed by atoms with E-state index in [1.165, 1.54) is 12.1 Å². The van der Waals surface area contributed by atoms with Gasteiger partial charge in [0.1, 0.15) is 0 Å². The number of hydrogen-bond acceptors (Lipinski definition) is 5. The summed E-state index contributed by atoms with van der Waals surface area (Å²) >= 11 is 0. The van der Waals surface area contributed by atoms with Gasteiger partial charge in [0.05, 0.1) is 11.3 Å². The van der Waals surface area contributed by atoms with Crippen LogP contribution in [0.4, 0.5) is 5.69 Å². The second kappa shape index (κ2) is 5.06. The fourth-order valence-corrected chi connectivity index (χ4v) is 1.23. The van der Waals surface area contributed by atoms with E-state index in [2.05, 4.69) is 4.74 Å². The molecule has 0 amide bonds. The highest BCUT2D eigenvalue weighted by Crippen LogP contribution is 2.28. The predicted molar refractivity (Wildman–Crippen MR) is 55.7 cm³/mol. The van der Waals surface area contributed by atoms with Crippen LogP contribution in [0.5, 0.6) is 5.75 Å². The average Bonchev–Trinajstić information content (AvgIpc) is 2.15. The van der Waals surface area contributed by atoms with E-state index in [1.54, 1.807) is 0 Å². The molecule has 0 aliphatic carbocycles. The second-order valence-corrected chi connectivity index (χ2v) is 3.22. The molecule has 1 aromatic rings. The lowest BCUT2D eigenvalue weighted by Gasteiger charge is -2.04. The van der Waals surface area contributed by atoms with Gasteiger partial charge >= 0.3 is 17.6 Å². The van der Waals surface area contributed by atoms with Gasteiger partial charge < -0.3 is 9.84 Å². The zero-order valence-corrected chi connectivity index (χ0v) is 8.87. The highest BCUT2D eigenvalue weighted by atomic mass is 16.6. The summed E-state index contributed by atoms with van der Waals surface area (Å²) in [6.45, 7) is 1.10. The molecule has 1 N–H and O–H groups in total. The molecule has 0 saturated heterocycles. The maximum Gasteiger partial charge on any atom is 0.311 e. The minimum Gasteiger partial charge on any atom is -0.481 e. The summed E-state index contributed by atoms with van der Waals surface area (Å²) in [6, 6.07) is 3.59. The Kier molecular flexibility index (Phi) is 3.76. The lowest BCUT2D eigenvalue weighted by Crippen LogP contribution is -2.06. The first-order valence-electron chi connectivity index (χ1n) is 4.57. The van der Waals surface area contributed by atoms with Crippen LogP contribution in [0.1, 0.15) is 12.5 Å². The average molecular weight is 239 g/mol. The number of aliphatic carboxylic acids is 1. The molecule has 0 unspecified atom stereocenters. The van der Waals surface area contributed by atoms with E-state index in [0.29, 0.717) is 5.56 Å². The summed E-state index contributed by atoms with van der Waals surface area (Å²) in [6.07, 6.45) is -0.299. The van der Waals surface area contributed by atoms with Gasteiger partial charge in [0.2, 0.25) is 5.75 Å². The predicted octanol–water partition coefficient (Wildman–Crippen LogP) is 1.15. The molecular formula is C10H9NO6. The molecule has 1 aromatic carbocycles. The number of rotatable bonds is 4. The molecule has 0 heterocycles. The topological polar surface area (TPSA) is 107 Å². The van der Waals surface area contributed by atoms with E-state index in [4.69, 9.17) is 5.11 Å². The van der Waals surface area contributed by atoms with Crippen LogP contribution in [-0.4, -0.2) is 22.0 Å². The number of esters is 1. The Bertz CT molecular complexity index is 482. The maximum absolute atomic E-state index is 10.8. The first-order valence-corrected chi connectivity index (χ1v) is 4.57. The van der Waals surface area contributed by atoms with Crippen molar-refractivity contribution >= 4 is 17.6 Å². The minimum atomic E-state index is -1.08. The highest BCUT2D eigenvalue weighted by Gasteiger charge is 2.17. The Morgan fingerprint density at radius 2 is 2.12 bits per heavy atom. The molecule has 0 radical (unpaired) electrons. The molecule has 0 aromatic heterocycles. The SMILES string of the molecule is CC(=O)Oc1cc(CC(=O)O)ccc1[N+](=O)[O-]. The van der Waals surface area contributed by atoms with Crippen LogP contribution in [0.3, 0.4) is 0 Å². The lowest BCUT2D eigenvalue weighted by atomic mass is 10.1. The largest absolute Gasteiger partial charge is 0.481 e. The van der Waals surface area contributed by atoms with Gasteiger partial charge in [-0.3, -0.25) is 19.7 Å². The van der Waals surface area contributed by atoms with Crippen molar-refractivity contribution in [2.24, 2.45) is 0 Å². The Morgan fingerprint density at radius 1 is 1.47 bits per heavy atom. The number of nitrogens with zero attached hydrogens (tertiary/aromatic N) is 1. The third kappa shape index (κ3) is 3.56. The fraction of sp³-hybridized carbons (Fsp3) is 0.200. The zero-order chi connectivity index (χ0) is 13.0. The second-order valence-electron chi connectivity index (χ2n) is 3.22. The third-order valence-electron chi connectivity index (χ3n) is 1.83. The van der Waals surface area contributed by atoms with Crippen molar-refractivity contribution in [2.75, 3.05) is 0 Å². The summed E-state index contributed by atoms with van der Waals surface area (Å²) in [7, 11) is 0. The van der Waals surface area contributed by atoms with Gasteiger partial charge in [-0.25, -0.2) is 0 Å². The number of carbonyl (C=O) groups is 2. The zero-order valence-electron chi connectivity index (χ0n) is 8.87. The number of ether oxygens (including phenoxy) is 1. The molecule has 17 heavy (non-hydrogen) atoms. The standard InChI is InChI=1S/C10H9NO6/c1-6(12)17-9-4-7(5-10(13)14)2-3-8(9)11(15)16/h2-4H,5H2,1H3,(H,13,14). The number of carbonyl (C=O) groups excluding carboxylic acids is 1. The molecule has 0 saturated carbocycles. The number of hydrogen-bond donors (Lipinski definition) is 1. The molecule has 0 aliphatic rings. The van der Waals surface area contributed by atoms with E-state index in [-0.39, 0.29) is 17.9 Å². The molecule has 0 spiro atoms. The smallest absolute Gasteiger partial charge is 0.311 e. The summed E-state index contributed by atoms with van der Waals surface area (Å²) < 4.78 is 4.66. The van der Waals surface area contributed by atoms with E-state index in [0.717, 1.165) is 13.0 Å². The quantitative estimate of drug-likeness (QED) is 0.365. The van der Waals surface area contributed by atoms with Gasteiger partial charge in [-0.05, 0) is 11.6 Å². The molecule has 7 nitrogen and oxygen atoms in total. The van der Waals surface area contributed by atoms with Crippen LogP contribution in [0.25, 0.3) is 0 Å².